The van der Waals surface area contributed by atoms with Crippen molar-refractivity contribution in [1.29, 1.82) is 0 Å². The minimum atomic E-state index is -0.466. The predicted octanol–water partition coefficient (Wildman–Crippen LogP) is 2.72. The predicted molar refractivity (Wildman–Crippen MR) is 70.9 cm³/mol. The molecule has 0 heterocycles. The number of nitrogens with zero attached hydrogens (tertiary/aromatic N) is 2. The van der Waals surface area contributed by atoms with Gasteiger partial charge in [0.25, 0.3) is 5.69 Å². The highest BCUT2D eigenvalue weighted by atomic mass is 35.5. The highest BCUT2D eigenvalue weighted by molar-refractivity contribution is 6.32. The fourth-order valence-corrected chi connectivity index (χ4v) is 1.74. The molecular formula is C12H17ClN2O3. The van der Waals surface area contributed by atoms with Gasteiger partial charge in [0, 0.05) is 25.8 Å². The number of benzene rings is 1. The third-order valence-corrected chi connectivity index (χ3v) is 2.80. The molecule has 5 nitrogen and oxygen atoms in total. The van der Waals surface area contributed by atoms with Crippen LogP contribution in [0.15, 0.2) is 18.2 Å². The quantitative estimate of drug-likeness (QED) is 0.435. The van der Waals surface area contributed by atoms with E-state index in [0.29, 0.717) is 19.8 Å². The molecule has 0 aromatic heterocycles. The second kappa shape index (κ2) is 7.31. The van der Waals surface area contributed by atoms with E-state index in [0.717, 1.165) is 12.1 Å². The topological polar surface area (TPSA) is 55.6 Å². The maximum Gasteiger partial charge on any atom is 0.288 e. The van der Waals surface area contributed by atoms with E-state index in [1.54, 1.807) is 12.1 Å². The summed E-state index contributed by atoms with van der Waals surface area (Å²) in [5.74, 6) is 0. The van der Waals surface area contributed by atoms with E-state index in [-0.39, 0.29) is 10.7 Å². The first kappa shape index (κ1) is 14.9. The van der Waals surface area contributed by atoms with Crippen LogP contribution in [0.25, 0.3) is 0 Å². The molecule has 0 aliphatic carbocycles. The van der Waals surface area contributed by atoms with Crippen LogP contribution < -0.4 is 0 Å². The van der Waals surface area contributed by atoms with Gasteiger partial charge in [0.15, 0.2) is 0 Å². The van der Waals surface area contributed by atoms with E-state index in [2.05, 4.69) is 0 Å². The van der Waals surface area contributed by atoms with Gasteiger partial charge in [0.1, 0.15) is 5.02 Å². The molecule has 0 saturated heterocycles. The van der Waals surface area contributed by atoms with Gasteiger partial charge in [0.05, 0.1) is 11.5 Å². The van der Waals surface area contributed by atoms with Crippen molar-refractivity contribution in [3.63, 3.8) is 0 Å². The molecule has 0 fully saturated rings. The number of nitro groups is 1. The molecule has 0 radical (unpaired) electrons. The minimum Gasteiger partial charge on any atom is -0.380 e. The molecule has 18 heavy (non-hydrogen) atoms. The Bertz CT molecular complexity index is 412. The fraction of sp³-hybridized carbons (Fsp3) is 0.500. The van der Waals surface area contributed by atoms with Crippen LogP contribution in [-0.4, -0.2) is 36.6 Å². The molecule has 0 N–H and O–H groups in total. The summed E-state index contributed by atoms with van der Waals surface area (Å²) in [4.78, 5) is 12.3. The lowest BCUT2D eigenvalue weighted by atomic mass is 10.2. The maximum absolute atomic E-state index is 10.8. The van der Waals surface area contributed by atoms with Gasteiger partial charge in [-0.15, -0.1) is 0 Å². The fourth-order valence-electron chi connectivity index (χ4n) is 1.55. The van der Waals surface area contributed by atoms with Crippen molar-refractivity contribution in [2.24, 2.45) is 0 Å². The van der Waals surface area contributed by atoms with Crippen molar-refractivity contribution >= 4 is 17.3 Å². The molecule has 1 rings (SSSR count). The molecule has 0 aliphatic heterocycles. The van der Waals surface area contributed by atoms with Crippen LogP contribution in [0.1, 0.15) is 12.5 Å². The monoisotopic (exact) mass is 272 g/mol. The summed E-state index contributed by atoms with van der Waals surface area (Å²) in [5.41, 5.74) is 0.817. The molecule has 100 valence electrons. The molecule has 1 aromatic rings. The lowest BCUT2D eigenvalue weighted by Gasteiger charge is -2.16. The number of nitro benzene ring substituents is 1. The normalized spacial score (nSPS) is 10.9. The Hall–Kier alpha value is -1.17. The average molecular weight is 273 g/mol. The number of ether oxygens (including phenoxy) is 1. The molecule has 1 aromatic carbocycles. The molecule has 0 saturated carbocycles. The zero-order chi connectivity index (χ0) is 13.5. The van der Waals surface area contributed by atoms with Gasteiger partial charge >= 0.3 is 0 Å². The Morgan fingerprint density at radius 2 is 2.22 bits per heavy atom. The van der Waals surface area contributed by atoms with Crippen LogP contribution in [-0.2, 0) is 11.3 Å². The van der Waals surface area contributed by atoms with E-state index < -0.39 is 4.92 Å². The molecule has 0 unspecified atom stereocenters. The van der Waals surface area contributed by atoms with E-state index >= 15 is 0 Å². The third kappa shape index (κ3) is 4.60. The van der Waals surface area contributed by atoms with Crippen LogP contribution >= 0.6 is 11.6 Å². The van der Waals surface area contributed by atoms with Crippen molar-refractivity contribution in [2.45, 2.75) is 13.5 Å². The van der Waals surface area contributed by atoms with Gasteiger partial charge in [-0.25, -0.2) is 0 Å². The van der Waals surface area contributed by atoms with Crippen molar-refractivity contribution in [3.8, 4) is 0 Å². The first-order valence-electron chi connectivity index (χ1n) is 5.73. The summed E-state index contributed by atoms with van der Waals surface area (Å²) in [6, 6.07) is 4.87. The third-order valence-electron chi connectivity index (χ3n) is 2.48. The lowest BCUT2D eigenvalue weighted by molar-refractivity contribution is -0.384. The summed E-state index contributed by atoms with van der Waals surface area (Å²) in [6.45, 7) is 4.71. The second-order valence-electron chi connectivity index (χ2n) is 3.98. The van der Waals surface area contributed by atoms with Gasteiger partial charge in [0.2, 0.25) is 0 Å². The molecule has 0 atom stereocenters. The molecule has 0 aliphatic rings. The summed E-state index contributed by atoms with van der Waals surface area (Å²) >= 11 is 5.75. The van der Waals surface area contributed by atoms with Crippen LogP contribution in [0.3, 0.4) is 0 Å². The summed E-state index contributed by atoms with van der Waals surface area (Å²) < 4.78 is 5.25. The first-order chi connectivity index (χ1) is 8.54. The molecule has 0 spiro atoms. The van der Waals surface area contributed by atoms with Gasteiger partial charge in [-0.05, 0) is 25.6 Å². The van der Waals surface area contributed by atoms with Crippen LogP contribution in [0.5, 0.6) is 0 Å². The summed E-state index contributed by atoms with van der Waals surface area (Å²) in [7, 11) is 1.94. The standard InChI is InChI=1S/C12H17ClN2O3/c1-3-18-7-6-14(2)9-10-4-5-11(13)12(8-10)15(16)17/h4-5,8H,3,6-7,9H2,1-2H3. The lowest BCUT2D eigenvalue weighted by Crippen LogP contribution is -2.22. The van der Waals surface area contributed by atoms with Crippen molar-refractivity contribution in [1.82, 2.24) is 4.90 Å². The number of rotatable bonds is 7. The van der Waals surface area contributed by atoms with Gasteiger partial charge in [-0.2, -0.15) is 0 Å². The summed E-state index contributed by atoms with van der Waals surface area (Å²) in [5, 5.41) is 10.9. The van der Waals surface area contributed by atoms with Crippen molar-refractivity contribution in [2.75, 3.05) is 26.8 Å². The minimum absolute atomic E-state index is 0.0487. The number of hydrogen-bond acceptors (Lipinski definition) is 4. The molecular weight excluding hydrogens is 256 g/mol. The number of likely N-dealkylation sites (N-methyl/N-ethyl adjacent to an activating group) is 1. The van der Waals surface area contributed by atoms with E-state index in [9.17, 15) is 10.1 Å². The highest BCUT2D eigenvalue weighted by Crippen LogP contribution is 2.25. The number of halogens is 1. The van der Waals surface area contributed by atoms with Crippen molar-refractivity contribution in [3.05, 3.63) is 38.9 Å². The van der Waals surface area contributed by atoms with Gasteiger partial charge < -0.3 is 4.74 Å². The molecule has 6 heteroatoms. The van der Waals surface area contributed by atoms with Crippen LogP contribution in [0.2, 0.25) is 5.02 Å². The highest BCUT2D eigenvalue weighted by Gasteiger charge is 2.13. The summed E-state index contributed by atoms with van der Waals surface area (Å²) in [6.07, 6.45) is 0. The van der Waals surface area contributed by atoms with E-state index in [1.807, 2.05) is 18.9 Å². The Morgan fingerprint density at radius 3 is 2.83 bits per heavy atom. The van der Waals surface area contributed by atoms with Crippen molar-refractivity contribution < 1.29 is 9.66 Å². The SMILES string of the molecule is CCOCCN(C)Cc1ccc(Cl)c([N+](=O)[O-])c1. The zero-order valence-electron chi connectivity index (χ0n) is 10.6. The Balaban J connectivity index is 2.62. The smallest absolute Gasteiger partial charge is 0.288 e. The zero-order valence-corrected chi connectivity index (χ0v) is 11.3. The second-order valence-corrected chi connectivity index (χ2v) is 4.38. The van der Waals surface area contributed by atoms with E-state index in [4.69, 9.17) is 16.3 Å². The van der Waals surface area contributed by atoms with Gasteiger partial charge in [-0.3, -0.25) is 15.0 Å². The Labute approximate surface area is 111 Å². The van der Waals surface area contributed by atoms with E-state index in [1.165, 1.54) is 6.07 Å². The Morgan fingerprint density at radius 1 is 1.50 bits per heavy atom. The molecule has 0 bridgehead atoms. The maximum atomic E-state index is 10.8. The largest absolute Gasteiger partial charge is 0.380 e. The van der Waals surface area contributed by atoms with Crippen LogP contribution in [0.4, 0.5) is 5.69 Å². The first-order valence-corrected chi connectivity index (χ1v) is 6.11. The average Bonchev–Trinajstić information content (AvgIpc) is 2.31. The number of hydrogen-bond donors (Lipinski definition) is 0. The molecule has 0 amide bonds. The van der Waals surface area contributed by atoms with Crippen LogP contribution in [0, 0.1) is 10.1 Å². The van der Waals surface area contributed by atoms with Gasteiger partial charge in [-0.1, -0.05) is 17.7 Å². The Kier molecular flexibility index (Phi) is 6.04.